The van der Waals surface area contributed by atoms with Gasteiger partial charge in [0, 0.05) is 57.7 Å². The summed E-state index contributed by atoms with van der Waals surface area (Å²) < 4.78 is 34.9. The molecule has 2 aromatic heterocycles. The number of hydrogen-bond donors (Lipinski definition) is 0. The van der Waals surface area contributed by atoms with E-state index < -0.39 is 10.0 Å². The Bertz CT molecular complexity index is 1140. The van der Waals surface area contributed by atoms with Gasteiger partial charge in [-0.2, -0.15) is 14.5 Å². The second-order valence-corrected chi connectivity index (χ2v) is 9.64. The van der Waals surface area contributed by atoms with Crippen molar-refractivity contribution in [1.29, 1.82) is 0 Å². The molecule has 11 heteroatoms. The lowest BCUT2D eigenvalue weighted by Crippen LogP contribution is -2.48. The number of nitrogens with zero attached hydrogens (tertiary/aromatic N) is 7. The van der Waals surface area contributed by atoms with Gasteiger partial charge in [-0.3, -0.25) is 0 Å². The SMILES string of the molecule is O=S(=O)(c1ccc(-n2cccn2)cc1)N1CCN(c2cnnc(N3CCOCC3)c2)CC1. The van der Waals surface area contributed by atoms with Crippen LogP contribution in [0.25, 0.3) is 5.69 Å². The topological polar surface area (TPSA) is 96.7 Å². The van der Waals surface area contributed by atoms with Gasteiger partial charge in [-0.15, -0.1) is 5.10 Å². The maximum atomic E-state index is 13.1. The van der Waals surface area contributed by atoms with Crippen LogP contribution in [0.15, 0.2) is 59.9 Å². The van der Waals surface area contributed by atoms with Crippen LogP contribution < -0.4 is 9.80 Å². The summed E-state index contributed by atoms with van der Waals surface area (Å²) in [5.41, 5.74) is 1.78. The van der Waals surface area contributed by atoms with Crippen LogP contribution in [-0.2, 0) is 14.8 Å². The molecule has 0 aliphatic carbocycles. The molecule has 3 aromatic rings. The molecule has 2 aliphatic rings. The molecular weight excluding hydrogens is 430 g/mol. The van der Waals surface area contributed by atoms with Gasteiger partial charge in [-0.05, 0) is 30.3 Å². The van der Waals surface area contributed by atoms with E-state index in [1.165, 1.54) is 0 Å². The maximum absolute atomic E-state index is 13.1. The average molecular weight is 456 g/mol. The lowest BCUT2D eigenvalue weighted by Gasteiger charge is -2.35. The maximum Gasteiger partial charge on any atom is 0.243 e. The molecule has 2 aliphatic heterocycles. The standard InChI is InChI=1S/C21H25N7O3S/c29-32(30,20-4-2-18(3-5-20)28-7-1-6-23-28)27-10-8-25(9-11-27)19-16-21(24-22-17-19)26-12-14-31-15-13-26/h1-7,16-17H,8-15H2. The first kappa shape index (κ1) is 20.9. The zero-order valence-corrected chi connectivity index (χ0v) is 18.4. The summed E-state index contributed by atoms with van der Waals surface area (Å²) in [7, 11) is -3.55. The van der Waals surface area contributed by atoms with Crippen molar-refractivity contribution in [2.45, 2.75) is 4.90 Å². The van der Waals surface area contributed by atoms with Crippen molar-refractivity contribution in [1.82, 2.24) is 24.3 Å². The van der Waals surface area contributed by atoms with Crippen molar-refractivity contribution in [2.75, 3.05) is 62.3 Å². The Balaban J connectivity index is 1.25. The second kappa shape index (κ2) is 8.85. The molecule has 2 saturated heterocycles. The molecular formula is C21H25N7O3S. The fraction of sp³-hybridized carbons (Fsp3) is 0.381. The first-order valence-corrected chi connectivity index (χ1v) is 12.1. The van der Waals surface area contributed by atoms with E-state index in [4.69, 9.17) is 4.74 Å². The Hall–Kier alpha value is -3.02. The van der Waals surface area contributed by atoms with Crippen LogP contribution in [0.5, 0.6) is 0 Å². The van der Waals surface area contributed by atoms with Crippen LogP contribution in [0.2, 0.25) is 0 Å². The van der Waals surface area contributed by atoms with E-state index in [1.54, 1.807) is 45.6 Å². The fourth-order valence-corrected chi connectivity index (χ4v) is 5.42. The first-order chi connectivity index (χ1) is 15.6. The third-order valence-electron chi connectivity index (χ3n) is 5.81. The van der Waals surface area contributed by atoms with E-state index in [-0.39, 0.29) is 0 Å². The minimum Gasteiger partial charge on any atom is -0.378 e. The molecule has 168 valence electrons. The van der Waals surface area contributed by atoms with Gasteiger partial charge in [-0.1, -0.05) is 0 Å². The first-order valence-electron chi connectivity index (χ1n) is 10.6. The monoisotopic (exact) mass is 455 g/mol. The minimum atomic E-state index is -3.55. The quantitative estimate of drug-likeness (QED) is 0.562. The van der Waals surface area contributed by atoms with Gasteiger partial charge in [0.1, 0.15) is 0 Å². The van der Waals surface area contributed by atoms with Gasteiger partial charge in [-0.25, -0.2) is 13.1 Å². The number of benzene rings is 1. The molecule has 0 atom stereocenters. The minimum absolute atomic E-state index is 0.294. The van der Waals surface area contributed by atoms with Crippen LogP contribution >= 0.6 is 0 Å². The van der Waals surface area contributed by atoms with E-state index in [1.807, 2.05) is 18.3 Å². The average Bonchev–Trinajstić information content (AvgIpc) is 3.40. The molecule has 10 nitrogen and oxygen atoms in total. The second-order valence-electron chi connectivity index (χ2n) is 7.71. The molecule has 2 fully saturated rings. The molecule has 32 heavy (non-hydrogen) atoms. The van der Waals surface area contributed by atoms with Crippen molar-refractivity contribution in [2.24, 2.45) is 0 Å². The lowest BCUT2D eigenvalue weighted by molar-refractivity contribution is 0.122. The molecule has 0 bridgehead atoms. The van der Waals surface area contributed by atoms with Crippen LogP contribution in [0, 0.1) is 0 Å². The van der Waals surface area contributed by atoms with Crippen molar-refractivity contribution < 1.29 is 13.2 Å². The molecule has 1 aromatic carbocycles. The lowest BCUT2D eigenvalue weighted by atomic mass is 10.3. The third kappa shape index (κ3) is 4.18. The Labute approximate surface area is 187 Å². The Morgan fingerprint density at radius 1 is 0.875 bits per heavy atom. The molecule has 0 radical (unpaired) electrons. The summed E-state index contributed by atoms with van der Waals surface area (Å²) >= 11 is 0. The zero-order valence-electron chi connectivity index (χ0n) is 17.6. The number of morpholine rings is 1. The number of ether oxygens (including phenoxy) is 1. The summed E-state index contributed by atoms with van der Waals surface area (Å²) in [5, 5.41) is 12.6. The highest BCUT2D eigenvalue weighted by atomic mass is 32.2. The van der Waals surface area contributed by atoms with Crippen LogP contribution in [0.1, 0.15) is 0 Å². The van der Waals surface area contributed by atoms with Gasteiger partial charge in [0.2, 0.25) is 10.0 Å². The number of aromatic nitrogens is 4. The number of anilines is 2. The zero-order chi connectivity index (χ0) is 22.0. The normalized spacial score (nSPS) is 18.1. The molecule has 5 rings (SSSR count). The van der Waals surface area contributed by atoms with Crippen molar-refractivity contribution in [3.05, 3.63) is 55.0 Å². The number of sulfonamides is 1. The predicted octanol–water partition coefficient (Wildman–Crippen LogP) is 1.01. The Morgan fingerprint density at radius 3 is 2.31 bits per heavy atom. The molecule has 0 unspecified atom stereocenters. The fourth-order valence-electron chi connectivity index (χ4n) is 3.99. The smallest absolute Gasteiger partial charge is 0.243 e. The van der Waals surface area contributed by atoms with E-state index in [0.717, 1.165) is 30.3 Å². The van der Waals surface area contributed by atoms with Crippen LogP contribution in [-0.4, -0.2) is 85.2 Å². The van der Waals surface area contributed by atoms with Crippen molar-refractivity contribution in [3.63, 3.8) is 0 Å². The predicted molar refractivity (Wildman–Crippen MR) is 120 cm³/mol. The molecule has 0 N–H and O–H groups in total. The van der Waals surface area contributed by atoms with E-state index in [2.05, 4.69) is 25.1 Å². The van der Waals surface area contributed by atoms with Crippen molar-refractivity contribution >= 4 is 21.5 Å². The number of piperazine rings is 1. The van der Waals surface area contributed by atoms with E-state index in [9.17, 15) is 8.42 Å². The highest BCUT2D eigenvalue weighted by molar-refractivity contribution is 7.89. The third-order valence-corrected chi connectivity index (χ3v) is 7.72. The van der Waals surface area contributed by atoms with Crippen LogP contribution in [0.3, 0.4) is 0 Å². The Morgan fingerprint density at radius 2 is 1.62 bits per heavy atom. The van der Waals surface area contributed by atoms with Gasteiger partial charge in [0.25, 0.3) is 0 Å². The summed E-state index contributed by atoms with van der Waals surface area (Å²) in [5.74, 6) is 0.832. The molecule has 4 heterocycles. The summed E-state index contributed by atoms with van der Waals surface area (Å²) in [6.07, 6.45) is 5.25. The summed E-state index contributed by atoms with van der Waals surface area (Å²) in [4.78, 5) is 4.61. The largest absolute Gasteiger partial charge is 0.378 e. The number of rotatable bonds is 5. The Kier molecular flexibility index (Phi) is 5.77. The number of hydrogen-bond acceptors (Lipinski definition) is 8. The summed E-state index contributed by atoms with van der Waals surface area (Å²) in [6, 6.07) is 10.7. The van der Waals surface area contributed by atoms with Gasteiger partial charge in [0.15, 0.2) is 5.82 Å². The molecule has 0 amide bonds. The van der Waals surface area contributed by atoms with E-state index >= 15 is 0 Å². The van der Waals surface area contributed by atoms with Gasteiger partial charge >= 0.3 is 0 Å². The van der Waals surface area contributed by atoms with Gasteiger partial charge < -0.3 is 14.5 Å². The molecule has 0 saturated carbocycles. The van der Waals surface area contributed by atoms with Crippen molar-refractivity contribution in [3.8, 4) is 5.69 Å². The summed E-state index contributed by atoms with van der Waals surface area (Å²) in [6.45, 7) is 4.98. The highest BCUT2D eigenvalue weighted by Gasteiger charge is 2.29. The van der Waals surface area contributed by atoms with Gasteiger partial charge in [0.05, 0.1) is 35.7 Å². The van der Waals surface area contributed by atoms with Crippen LogP contribution in [0.4, 0.5) is 11.5 Å². The van der Waals surface area contributed by atoms with E-state index in [0.29, 0.717) is 44.3 Å². The molecule has 0 spiro atoms. The highest BCUT2D eigenvalue weighted by Crippen LogP contribution is 2.24.